The predicted molar refractivity (Wildman–Crippen MR) is 153 cm³/mol. The van der Waals surface area contributed by atoms with Crippen molar-refractivity contribution in [3.63, 3.8) is 0 Å². The molecular formula is C30H35N7O2. The molecular weight excluding hydrogens is 490 g/mol. The van der Waals surface area contributed by atoms with Crippen LogP contribution in [-0.4, -0.2) is 58.5 Å². The summed E-state index contributed by atoms with van der Waals surface area (Å²) >= 11 is 0. The van der Waals surface area contributed by atoms with E-state index in [1.54, 1.807) is 0 Å². The number of anilines is 1. The van der Waals surface area contributed by atoms with Crippen LogP contribution in [0, 0.1) is 18.3 Å². The molecule has 1 saturated heterocycles. The van der Waals surface area contributed by atoms with E-state index in [2.05, 4.69) is 43.1 Å². The van der Waals surface area contributed by atoms with E-state index >= 15 is 0 Å². The quantitative estimate of drug-likeness (QED) is 0.338. The molecule has 5 rings (SSSR count). The normalized spacial score (nSPS) is 13.4. The van der Waals surface area contributed by atoms with Gasteiger partial charge in [-0.05, 0) is 79.9 Å². The number of primary amides is 1. The van der Waals surface area contributed by atoms with Crippen LogP contribution in [-0.2, 0) is 6.42 Å². The molecule has 39 heavy (non-hydrogen) atoms. The molecule has 2 aromatic heterocycles. The number of aromatic nitrogens is 3. The standard InChI is InChI=1S/C28H29N7O2.C2H6/c1-19-15-22(5-7-26(19)37-28-31-9-8-25(33-28)27(30)36)35-13-11-34(12-14-35)10-2-3-21-18-32-24-6-4-20(17-29)16-23(21)24;1-2/h4-9,15-16,18,32H,2-3,10-14H2,1H3,(H2,30,36);1-2H3. The third-order valence-corrected chi connectivity index (χ3v) is 6.80. The second kappa shape index (κ2) is 12.9. The summed E-state index contributed by atoms with van der Waals surface area (Å²) in [6.07, 6.45) is 5.59. The number of nitrogens with one attached hydrogen (secondary N) is 1. The van der Waals surface area contributed by atoms with Gasteiger partial charge in [-0.2, -0.15) is 10.2 Å². The number of fused-ring (bicyclic) bond motifs is 1. The lowest BCUT2D eigenvalue weighted by molar-refractivity contribution is 0.0994. The molecule has 0 saturated carbocycles. The summed E-state index contributed by atoms with van der Waals surface area (Å²) in [5.41, 5.74) is 10.6. The Labute approximate surface area is 229 Å². The third-order valence-electron chi connectivity index (χ3n) is 6.80. The number of hydrogen-bond donors (Lipinski definition) is 2. The predicted octanol–water partition coefficient (Wildman–Crippen LogP) is 4.81. The van der Waals surface area contributed by atoms with E-state index in [1.165, 1.54) is 17.8 Å². The first-order valence-electron chi connectivity index (χ1n) is 13.4. The summed E-state index contributed by atoms with van der Waals surface area (Å²) in [5, 5.41) is 10.3. The summed E-state index contributed by atoms with van der Waals surface area (Å²) in [6.45, 7) is 11.0. The van der Waals surface area contributed by atoms with E-state index in [-0.39, 0.29) is 11.7 Å². The van der Waals surface area contributed by atoms with Crippen molar-refractivity contribution in [2.45, 2.75) is 33.6 Å². The third kappa shape index (κ3) is 6.72. The van der Waals surface area contributed by atoms with Gasteiger partial charge >= 0.3 is 6.01 Å². The van der Waals surface area contributed by atoms with Crippen LogP contribution in [0.3, 0.4) is 0 Å². The van der Waals surface area contributed by atoms with Crippen molar-refractivity contribution >= 4 is 22.5 Å². The zero-order chi connectivity index (χ0) is 27.8. The Kier molecular flexibility index (Phi) is 9.13. The van der Waals surface area contributed by atoms with Gasteiger partial charge in [0.25, 0.3) is 5.91 Å². The average Bonchev–Trinajstić information content (AvgIpc) is 3.37. The minimum Gasteiger partial charge on any atom is -0.424 e. The van der Waals surface area contributed by atoms with Gasteiger partial charge in [-0.15, -0.1) is 0 Å². The minimum absolute atomic E-state index is 0.0962. The highest BCUT2D eigenvalue weighted by atomic mass is 16.5. The lowest BCUT2D eigenvalue weighted by atomic mass is 10.1. The molecule has 1 aliphatic heterocycles. The largest absolute Gasteiger partial charge is 0.424 e. The number of hydrogen-bond acceptors (Lipinski definition) is 7. The Hall–Kier alpha value is -4.42. The molecule has 9 heteroatoms. The maximum Gasteiger partial charge on any atom is 0.322 e. The van der Waals surface area contributed by atoms with E-state index in [0.717, 1.165) is 67.7 Å². The van der Waals surface area contributed by atoms with Gasteiger partial charge < -0.3 is 20.4 Å². The number of carbonyl (C=O) groups is 1. The molecule has 3 heterocycles. The van der Waals surface area contributed by atoms with Crippen LogP contribution < -0.4 is 15.4 Å². The van der Waals surface area contributed by atoms with Gasteiger partial charge in [0, 0.05) is 55.2 Å². The van der Waals surface area contributed by atoms with Gasteiger partial charge in [0.05, 0.1) is 11.6 Å². The number of benzene rings is 2. The molecule has 0 bridgehead atoms. The monoisotopic (exact) mass is 525 g/mol. The lowest BCUT2D eigenvalue weighted by Gasteiger charge is -2.36. The number of nitrogens with zero attached hydrogens (tertiary/aromatic N) is 5. The molecule has 202 valence electrons. The van der Waals surface area contributed by atoms with Gasteiger partial charge in [0.2, 0.25) is 0 Å². The van der Waals surface area contributed by atoms with E-state index in [4.69, 9.17) is 10.5 Å². The maximum absolute atomic E-state index is 11.4. The molecule has 1 fully saturated rings. The first-order chi connectivity index (χ1) is 19.0. The smallest absolute Gasteiger partial charge is 0.322 e. The fourth-order valence-corrected chi connectivity index (χ4v) is 4.75. The zero-order valence-corrected chi connectivity index (χ0v) is 22.8. The van der Waals surface area contributed by atoms with Crippen LogP contribution in [0.1, 0.15) is 47.4 Å². The van der Waals surface area contributed by atoms with E-state index in [1.807, 2.05) is 51.1 Å². The van der Waals surface area contributed by atoms with Gasteiger partial charge in [-0.3, -0.25) is 9.69 Å². The number of aryl methyl sites for hydroxylation is 2. The van der Waals surface area contributed by atoms with Crippen molar-refractivity contribution < 1.29 is 9.53 Å². The first kappa shape index (κ1) is 27.6. The summed E-state index contributed by atoms with van der Waals surface area (Å²) < 4.78 is 5.80. The summed E-state index contributed by atoms with van der Waals surface area (Å²) in [5.74, 6) is 0.0220. The highest BCUT2D eigenvalue weighted by molar-refractivity contribution is 5.90. The average molecular weight is 526 g/mol. The van der Waals surface area contributed by atoms with E-state index in [0.29, 0.717) is 11.3 Å². The number of amides is 1. The lowest BCUT2D eigenvalue weighted by Crippen LogP contribution is -2.46. The second-order valence-corrected chi connectivity index (χ2v) is 9.26. The van der Waals surface area contributed by atoms with Crippen molar-refractivity contribution in [1.82, 2.24) is 19.9 Å². The van der Waals surface area contributed by atoms with Crippen LogP contribution in [0.2, 0.25) is 0 Å². The molecule has 0 atom stereocenters. The number of carbonyl (C=O) groups excluding carboxylic acids is 1. The Morgan fingerprint density at radius 2 is 1.92 bits per heavy atom. The number of rotatable bonds is 8. The van der Waals surface area contributed by atoms with Gasteiger partial charge in [-0.1, -0.05) is 13.8 Å². The molecule has 0 aliphatic carbocycles. The Bertz CT molecular complexity index is 1470. The van der Waals surface area contributed by atoms with Crippen LogP contribution in [0.25, 0.3) is 10.9 Å². The molecule has 1 aliphatic rings. The van der Waals surface area contributed by atoms with Crippen LogP contribution in [0.15, 0.2) is 54.9 Å². The van der Waals surface area contributed by atoms with Gasteiger partial charge in [-0.25, -0.2) is 4.98 Å². The molecule has 3 N–H and O–H groups in total. The fourth-order valence-electron chi connectivity index (χ4n) is 4.75. The Morgan fingerprint density at radius 3 is 2.64 bits per heavy atom. The number of piperazine rings is 1. The number of H-pyrrole nitrogens is 1. The van der Waals surface area contributed by atoms with Crippen LogP contribution >= 0.6 is 0 Å². The zero-order valence-electron chi connectivity index (χ0n) is 22.8. The maximum atomic E-state index is 11.4. The van der Waals surface area contributed by atoms with Crippen molar-refractivity contribution in [3.05, 3.63) is 77.2 Å². The van der Waals surface area contributed by atoms with Crippen molar-refractivity contribution in [2.75, 3.05) is 37.6 Å². The van der Waals surface area contributed by atoms with Crippen LogP contribution in [0.5, 0.6) is 11.8 Å². The van der Waals surface area contributed by atoms with Crippen LogP contribution in [0.4, 0.5) is 5.69 Å². The molecule has 0 spiro atoms. The molecule has 2 aromatic carbocycles. The number of nitriles is 1. The van der Waals surface area contributed by atoms with Gasteiger partial charge in [0.15, 0.2) is 0 Å². The molecule has 0 radical (unpaired) electrons. The Morgan fingerprint density at radius 1 is 1.13 bits per heavy atom. The second-order valence-electron chi connectivity index (χ2n) is 9.26. The minimum atomic E-state index is -0.620. The Balaban J connectivity index is 0.00000172. The molecule has 1 amide bonds. The highest BCUT2D eigenvalue weighted by Crippen LogP contribution is 2.28. The van der Waals surface area contributed by atoms with Crippen molar-refractivity contribution in [2.24, 2.45) is 5.73 Å². The summed E-state index contributed by atoms with van der Waals surface area (Å²) in [4.78, 5) is 27.7. The number of ether oxygens (including phenoxy) is 1. The first-order valence-corrected chi connectivity index (χ1v) is 13.4. The van der Waals surface area contributed by atoms with Gasteiger partial charge in [0.1, 0.15) is 11.4 Å². The summed E-state index contributed by atoms with van der Waals surface area (Å²) in [6, 6.07) is 15.7. The highest BCUT2D eigenvalue weighted by Gasteiger charge is 2.18. The number of aromatic amines is 1. The molecule has 4 aromatic rings. The summed E-state index contributed by atoms with van der Waals surface area (Å²) in [7, 11) is 0. The number of nitrogens with two attached hydrogens (primary N) is 1. The molecule has 0 unspecified atom stereocenters. The van der Waals surface area contributed by atoms with E-state index in [9.17, 15) is 10.1 Å². The SMILES string of the molecule is CC.Cc1cc(N2CCN(CCCc3c[nH]c4ccc(C#N)cc34)CC2)ccc1Oc1nccc(C(N)=O)n1. The van der Waals surface area contributed by atoms with Crippen molar-refractivity contribution in [1.29, 1.82) is 5.26 Å². The van der Waals surface area contributed by atoms with E-state index < -0.39 is 5.91 Å². The topological polar surface area (TPSA) is 124 Å². The fraction of sp³-hybridized carbons (Fsp3) is 0.333. The van der Waals surface area contributed by atoms with Crippen molar-refractivity contribution in [3.8, 4) is 17.8 Å². The molecule has 9 nitrogen and oxygen atoms in total.